The van der Waals surface area contributed by atoms with E-state index < -0.39 is 183 Å². The van der Waals surface area contributed by atoms with Crippen LogP contribution in [0.15, 0.2) is 23.8 Å². The SMILES string of the molecule is CC[C@H]1OC(=O)[C@H](C)[C@@H](OC2C[C@@](C)(OC)[C@](O)(CCCNC(=O)[C@@]3(O)[C@H](C)CC4C5C[C@H](F)C6=CC(=O)C=C[C@]6(C)[C@@]5(F)[C@@H](O)C[C@@]43C)[C@H](C)O2)[C@H](C)[C@@H](OC2O[C@H](C)C[C@H](N(C)C)[C@H]2O)[C@](C)(O)C[C@@H](C)CN(C(=O)NC(C)C)[C@H](C)[C@@H](O)[C@]1(C)O. The number of amides is 3. The molecule has 6 fully saturated rings. The van der Waals surface area contributed by atoms with E-state index in [1.807, 2.05) is 32.8 Å². The number of fused-ring (bicyclic) bond motifs is 5. The number of allylic oxidation sites excluding steroid dienone is 4. The lowest BCUT2D eigenvalue weighted by molar-refractivity contribution is -0.338. The van der Waals surface area contributed by atoms with Crippen LogP contribution in [-0.4, -0.2) is 223 Å². The number of carbonyl (C=O) groups excluding carboxylic acids is 4. The van der Waals surface area contributed by atoms with Gasteiger partial charge in [-0.25, -0.2) is 13.6 Å². The Balaban J connectivity index is 1.15. The van der Waals surface area contributed by atoms with Crippen LogP contribution in [0.1, 0.15) is 162 Å². The van der Waals surface area contributed by atoms with Crippen molar-refractivity contribution in [3.05, 3.63) is 23.8 Å². The fourth-order valence-corrected chi connectivity index (χ4v) is 17.4. The number of cyclic esters (lactones) is 1. The number of ether oxygens (including phenoxy) is 6. The van der Waals surface area contributed by atoms with E-state index in [1.165, 1.54) is 38.0 Å². The number of rotatable bonds is 13. The number of methoxy groups -OCH3 is 1. The van der Waals surface area contributed by atoms with Gasteiger partial charge in [-0.1, -0.05) is 40.7 Å². The zero-order valence-electron chi connectivity index (χ0n) is 55.4. The molecule has 27 atom stereocenters. The molecule has 0 aromatic carbocycles. The van der Waals surface area contributed by atoms with Gasteiger partial charge in [0, 0.05) is 61.4 Å². The molecule has 7 aliphatic rings. The van der Waals surface area contributed by atoms with Crippen LogP contribution in [0.2, 0.25) is 0 Å². The topological polar surface area (TPSA) is 296 Å². The summed E-state index contributed by atoms with van der Waals surface area (Å²) in [5.41, 5.74) is -14.7. The summed E-state index contributed by atoms with van der Waals surface area (Å²) in [6.45, 7) is 24.8. The van der Waals surface area contributed by atoms with Gasteiger partial charge >= 0.3 is 12.0 Å². The van der Waals surface area contributed by atoms with E-state index in [0.717, 1.165) is 6.08 Å². The lowest BCUT2D eigenvalue weighted by Crippen LogP contribution is -2.71. The number of aliphatic hydroxyl groups is 7. The minimum Gasteiger partial charge on any atom is -0.459 e. The van der Waals surface area contributed by atoms with Gasteiger partial charge < -0.3 is 84.6 Å². The Morgan fingerprint density at radius 3 is 2.15 bits per heavy atom. The number of esters is 1. The van der Waals surface area contributed by atoms with Crippen molar-refractivity contribution >= 4 is 23.7 Å². The summed E-state index contributed by atoms with van der Waals surface area (Å²) in [5.74, 6) is -7.38. The number of hydrogen-bond donors (Lipinski definition) is 9. The number of hydrogen-bond acceptors (Lipinski definition) is 18. The third-order valence-electron chi connectivity index (χ3n) is 22.6. The third-order valence-corrected chi connectivity index (χ3v) is 22.6. The van der Waals surface area contributed by atoms with Crippen LogP contribution < -0.4 is 10.6 Å². The highest BCUT2D eigenvalue weighted by atomic mass is 19.1. The Bertz CT molecular complexity index is 2580. The molecule has 3 aliphatic heterocycles. The van der Waals surface area contributed by atoms with Crippen LogP contribution in [0.25, 0.3) is 0 Å². The normalized spacial score (nSPS) is 48.8. The Morgan fingerprint density at radius 2 is 1.55 bits per heavy atom. The largest absolute Gasteiger partial charge is 0.459 e. The number of aliphatic hydroxyl groups excluding tert-OH is 3. The average molecular weight is 1260 g/mol. The quantitative estimate of drug-likeness (QED) is 0.0871. The monoisotopic (exact) mass is 1250 g/mol. The molecular formula is C65H108F2N4O17. The second-order valence-electron chi connectivity index (χ2n) is 29.4. The Hall–Kier alpha value is -3.30. The number of halogens is 2. The van der Waals surface area contributed by atoms with Gasteiger partial charge in [0.25, 0.3) is 5.91 Å². The Labute approximate surface area is 520 Å². The highest BCUT2D eigenvalue weighted by Crippen LogP contribution is 2.71. The zero-order chi connectivity index (χ0) is 66.1. The summed E-state index contributed by atoms with van der Waals surface area (Å²) in [6, 6.07) is -2.29. The van der Waals surface area contributed by atoms with Crippen molar-refractivity contribution < 1.29 is 92.1 Å². The van der Waals surface area contributed by atoms with Crippen LogP contribution in [0.4, 0.5) is 13.6 Å². The van der Waals surface area contributed by atoms with Crippen molar-refractivity contribution in [2.24, 2.45) is 46.3 Å². The molecule has 504 valence electrons. The molecule has 21 nitrogen and oxygen atoms in total. The van der Waals surface area contributed by atoms with Gasteiger partial charge in [-0.15, -0.1) is 0 Å². The third kappa shape index (κ3) is 12.6. The number of carbonyl (C=O) groups is 4. The molecule has 4 unspecified atom stereocenters. The van der Waals surface area contributed by atoms with Crippen LogP contribution in [0.5, 0.6) is 0 Å². The van der Waals surface area contributed by atoms with Gasteiger partial charge in [-0.3, -0.25) is 14.4 Å². The summed E-state index contributed by atoms with van der Waals surface area (Å²) in [6.07, 6.45) is -10.5. The Kier molecular flexibility index (Phi) is 21.5. The van der Waals surface area contributed by atoms with Crippen LogP contribution in [0.3, 0.4) is 0 Å². The second kappa shape index (κ2) is 26.2. The maximum atomic E-state index is 17.9. The lowest BCUT2D eigenvalue weighted by Gasteiger charge is -2.63. The molecule has 3 heterocycles. The molecule has 3 saturated carbocycles. The molecule has 3 amide bonds. The molecule has 3 saturated heterocycles. The first-order valence-electron chi connectivity index (χ1n) is 32.2. The van der Waals surface area contributed by atoms with Gasteiger partial charge in [0.2, 0.25) is 0 Å². The number of nitrogens with zero attached hydrogens (tertiary/aromatic N) is 2. The summed E-state index contributed by atoms with van der Waals surface area (Å²) >= 11 is 0. The minimum atomic E-state index is -2.39. The number of alkyl halides is 2. The smallest absolute Gasteiger partial charge is 0.317 e. The fourth-order valence-electron chi connectivity index (χ4n) is 17.4. The van der Waals surface area contributed by atoms with Gasteiger partial charge in [-0.2, -0.15) is 0 Å². The first-order chi connectivity index (χ1) is 40.6. The van der Waals surface area contributed by atoms with Crippen molar-refractivity contribution in [2.75, 3.05) is 34.3 Å². The molecule has 7 rings (SSSR count). The average Bonchev–Trinajstić information content (AvgIpc) is 1.30. The van der Waals surface area contributed by atoms with Crippen LogP contribution in [-0.2, 0) is 42.8 Å². The van der Waals surface area contributed by atoms with Crippen molar-refractivity contribution in [2.45, 2.75) is 281 Å². The molecule has 23 heteroatoms. The molecule has 4 aliphatic carbocycles. The summed E-state index contributed by atoms with van der Waals surface area (Å²) < 4.78 is 73.2. The molecule has 0 radical (unpaired) electrons. The van der Waals surface area contributed by atoms with Crippen molar-refractivity contribution in [1.29, 1.82) is 0 Å². The van der Waals surface area contributed by atoms with Gasteiger partial charge in [-0.05, 0) is 170 Å². The van der Waals surface area contributed by atoms with Gasteiger partial charge in [0.15, 0.2) is 29.6 Å². The zero-order valence-corrected chi connectivity index (χ0v) is 55.4. The molecule has 9 N–H and O–H groups in total. The maximum Gasteiger partial charge on any atom is 0.317 e. The molecule has 0 aromatic rings. The van der Waals surface area contributed by atoms with E-state index in [1.54, 1.807) is 76.2 Å². The van der Waals surface area contributed by atoms with E-state index in [2.05, 4.69) is 10.6 Å². The summed E-state index contributed by atoms with van der Waals surface area (Å²) in [4.78, 5) is 59.1. The van der Waals surface area contributed by atoms with Gasteiger partial charge in [0.1, 0.15) is 41.3 Å². The number of nitrogens with one attached hydrogen (secondary N) is 2. The molecule has 0 bridgehead atoms. The van der Waals surface area contributed by atoms with E-state index in [9.17, 15) is 54.9 Å². The van der Waals surface area contributed by atoms with Crippen LogP contribution in [0, 0.1) is 46.3 Å². The number of urea groups is 1. The predicted octanol–water partition coefficient (Wildman–Crippen LogP) is 4.95. The van der Waals surface area contributed by atoms with E-state index in [0.29, 0.717) is 6.42 Å². The van der Waals surface area contributed by atoms with E-state index in [4.69, 9.17) is 28.4 Å². The highest BCUT2D eigenvalue weighted by molar-refractivity contribution is 6.01. The number of ketones is 1. The first-order valence-corrected chi connectivity index (χ1v) is 32.2. The molecule has 0 spiro atoms. The maximum absolute atomic E-state index is 17.9. The summed E-state index contributed by atoms with van der Waals surface area (Å²) in [7, 11) is 5.08. The molecule has 0 aromatic heterocycles. The first kappa shape index (κ1) is 72.1. The Morgan fingerprint density at radius 1 is 0.898 bits per heavy atom. The number of likely N-dealkylation sites (N-methyl/N-ethyl adjacent to an activating group) is 1. The predicted molar refractivity (Wildman–Crippen MR) is 321 cm³/mol. The highest BCUT2D eigenvalue weighted by Gasteiger charge is 2.77. The minimum absolute atomic E-state index is 0.0152. The summed E-state index contributed by atoms with van der Waals surface area (Å²) in [5, 5.41) is 92.3. The van der Waals surface area contributed by atoms with Crippen LogP contribution >= 0.6 is 0 Å². The van der Waals surface area contributed by atoms with Crippen molar-refractivity contribution in [3.8, 4) is 0 Å². The standard InChI is InChI=1S/C65H108F2N4O17/c1-19-48-62(15,80)52(75)39(9)71(57(78)69-33(2)3)32-34(4)29-60(13,79)53(88-55-50(74)46(70(16)17)26-36(6)84-55)37(7)51(38(8)54(76)86-48)87-49-31-61(14,83-18)63(81,40(10)85-49)22-20-24-68-56(77)65(82)35(5)25-42-43-28-45(66)44-27-41(72)21-23-58(44,11)64(43,67)47(73)30-59(42,65)12/h21,23,27,33-40,42-43,45-53,55,73-75,79-82H,19-20,22,24-26,28-32H2,1-18H3,(H,68,77)(H,69,78)/t34-,35-,36-,37+,38-,39-,40+,42?,43?,45+,46+,47+,48-,49?,50-,51+,52-,53-,55?,58+,59+,60-,61-,62-,63+,64+,65+/m1/s1. The van der Waals surface area contributed by atoms with E-state index in [-0.39, 0.29) is 76.1 Å². The van der Waals surface area contributed by atoms with E-state index >= 15 is 8.78 Å². The molecule has 88 heavy (non-hydrogen) atoms. The second-order valence-corrected chi connectivity index (χ2v) is 29.4. The lowest BCUT2D eigenvalue weighted by atomic mass is 9.44. The molecular weight excluding hydrogens is 1150 g/mol. The van der Waals surface area contributed by atoms with Gasteiger partial charge in [0.05, 0.1) is 48.1 Å². The fraction of sp³-hybridized carbons (Fsp3) is 0.877. The van der Waals surface area contributed by atoms with Crippen molar-refractivity contribution in [1.82, 2.24) is 20.4 Å². The van der Waals surface area contributed by atoms with Crippen molar-refractivity contribution in [3.63, 3.8) is 0 Å².